The Labute approximate surface area is 109 Å². The topological polar surface area (TPSA) is 44.4 Å². The van der Waals surface area contributed by atoms with Crippen LogP contribution in [0.25, 0.3) is 0 Å². The molecule has 4 nitrogen and oxygen atoms in total. The lowest BCUT2D eigenvalue weighted by Crippen LogP contribution is -2.35. The molecule has 0 aliphatic carbocycles. The Morgan fingerprint density at radius 3 is 2.67 bits per heavy atom. The second-order valence-electron chi connectivity index (χ2n) is 4.75. The predicted octanol–water partition coefficient (Wildman–Crippen LogP) is 1.39. The highest BCUT2D eigenvalue weighted by Gasteiger charge is 2.03. The van der Waals surface area contributed by atoms with E-state index in [2.05, 4.69) is 30.5 Å². The molecule has 0 atom stereocenters. The maximum absolute atomic E-state index is 11.6. The fourth-order valence-corrected chi connectivity index (χ4v) is 1.60. The zero-order valence-electron chi connectivity index (χ0n) is 11.7. The van der Waals surface area contributed by atoms with Crippen molar-refractivity contribution in [2.45, 2.75) is 13.8 Å². The van der Waals surface area contributed by atoms with Gasteiger partial charge in [0, 0.05) is 18.8 Å². The van der Waals surface area contributed by atoms with E-state index in [9.17, 15) is 4.79 Å². The normalized spacial score (nSPS) is 10.5. The van der Waals surface area contributed by atoms with Crippen molar-refractivity contribution in [2.75, 3.05) is 39.0 Å². The van der Waals surface area contributed by atoms with Crippen LogP contribution in [-0.2, 0) is 4.79 Å². The van der Waals surface area contributed by atoms with Crippen LogP contribution in [0.3, 0.4) is 0 Å². The summed E-state index contributed by atoms with van der Waals surface area (Å²) in [6.45, 7) is 5.98. The molecular weight excluding hydrogens is 226 g/mol. The predicted molar refractivity (Wildman–Crippen MR) is 76.0 cm³/mol. The molecule has 0 unspecified atom stereocenters. The monoisotopic (exact) mass is 249 g/mol. The summed E-state index contributed by atoms with van der Waals surface area (Å²) in [7, 11) is 3.97. The van der Waals surface area contributed by atoms with Crippen LogP contribution in [0.5, 0.6) is 0 Å². The Kier molecular flexibility index (Phi) is 5.65. The smallest absolute Gasteiger partial charge is 0.239 e. The van der Waals surface area contributed by atoms with Crippen molar-refractivity contribution >= 4 is 11.6 Å². The number of likely N-dealkylation sites (N-methyl/N-ethyl adjacent to an activating group) is 1. The molecule has 1 amide bonds. The first-order chi connectivity index (χ1) is 8.50. The highest BCUT2D eigenvalue weighted by atomic mass is 16.1. The first-order valence-electron chi connectivity index (χ1n) is 6.22. The number of anilines is 1. The summed E-state index contributed by atoms with van der Waals surface area (Å²) in [6, 6.07) is 6.06. The number of carbonyl (C=O) groups is 1. The van der Waals surface area contributed by atoms with Crippen LogP contribution in [0, 0.1) is 13.8 Å². The van der Waals surface area contributed by atoms with Crippen molar-refractivity contribution in [1.29, 1.82) is 0 Å². The molecule has 0 spiro atoms. The van der Waals surface area contributed by atoms with E-state index >= 15 is 0 Å². The van der Waals surface area contributed by atoms with Crippen molar-refractivity contribution in [2.24, 2.45) is 0 Å². The van der Waals surface area contributed by atoms with E-state index < -0.39 is 0 Å². The Morgan fingerprint density at radius 1 is 1.28 bits per heavy atom. The SMILES string of the molecule is Cc1cccc(NCC(=O)NCCN(C)C)c1C. The van der Waals surface area contributed by atoms with Crippen molar-refractivity contribution in [3.8, 4) is 0 Å². The molecule has 0 saturated carbocycles. The minimum absolute atomic E-state index is 0.0257. The molecule has 1 aromatic carbocycles. The second kappa shape index (κ2) is 7.01. The summed E-state index contributed by atoms with van der Waals surface area (Å²) in [5.74, 6) is 0.0257. The van der Waals surface area contributed by atoms with Gasteiger partial charge >= 0.3 is 0 Å². The molecule has 0 saturated heterocycles. The first-order valence-corrected chi connectivity index (χ1v) is 6.22. The minimum atomic E-state index is 0.0257. The zero-order chi connectivity index (χ0) is 13.5. The number of benzene rings is 1. The van der Waals surface area contributed by atoms with Gasteiger partial charge < -0.3 is 15.5 Å². The Bertz CT molecular complexity index is 402. The van der Waals surface area contributed by atoms with Crippen LogP contribution < -0.4 is 10.6 Å². The molecular formula is C14H23N3O. The molecule has 18 heavy (non-hydrogen) atoms. The van der Waals surface area contributed by atoms with Gasteiger partial charge in [0.1, 0.15) is 0 Å². The van der Waals surface area contributed by atoms with Crippen molar-refractivity contribution in [1.82, 2.24) is 10.2 Å². The van der Waals surface area contributed by atoms with Gasteiger partial charge in [0.05, 0.1) is 6.54 Å². The Balaban J connectivity index is 2.36. The van der Waals surface area contributed by atoms with Crippen LogP contribution in [-0.4, -0.2) is 44.5 Å². The van der Waals surface area contributed by atoms with E-state index in [4.69, 9.17) is 0 Å². The minimum Gasteiger partial charge on any atom is -0.376 e. The average Bonchev–Trinajstić information content (AvgIpc) is 2.30. The maximum atomic E-state index is 11.6. The van der Waals surface area contributed by atoms with Gasteiger partial charge in [0.25, 0.3) is 0 Å². The number of nitrogens with zero attached hydrogens (tertiary/aromatic N) is 1. The summed E-state index contributed by atoms with van der Waals surface area (Å²) in [6.07, 6.45) is 0. The van der Waals surface area contributed by atoms with E-state index in [1.165, 1.54) is 11.1 Å². The van der Waals surface area contributed by atoms with E-state index in [0.29, 0.717) is 13.1 Å². The molecule has 0 aliphatic heterocycles. The third-order valence-corrected chi connectivity index (χ3v) is 2.93. The average molecular weight is 249 g/mol. The Hall–Kier alpha value is -1.55. The van der Waals surface area contributed by atoms with E-state index in [-0.39, 0.29) is 5.91 Å². The van der Waals surface area contributed by atoms with Crippen molar-refractivity contribution < 1.29 is 4.79 Å². The summed E-state index contributed by atoms with van der Waals surface area (Å²) in [4.78, 5) is 13.6. The summed E-state index contributed by atoms with van der Waals surface area (Å²) in [5, 5.41) is 6.04. The lowest BCUT2D eigenvalue weighted by Gasteiger charge is -2.13. The molecule has 0 aromatic heterocycles. The fourth-order valence-electron chi connectivity index (χ4n) is 1.60. The number of hydrogen-bond donors (Lipinski definition) is 2. The lowest BCUT2D eigenvalue weighted by atomic mass is 10.1. The van der Waals surface area contributed by atoms with E-state index in [1.54, 1.807) is 0 Å². The van der Waals surface area contributed by atoms with Crippen LogP contribution in [0.2, 0.25) is 0 Å². The molecule has 2 N–H and O–H groups in total. The zero-order valence-corrected chi connectivity index (χ0v) is 11.7. The summed E-state index contributed by atoms with van der Waals surface area (Å²) in [5.41, 5.74) is 3.45. The van der Waals surface area contributed by atoms with E-state index in [1.807, 2.05) is 31.1 Å². The summed E-state index contributed by atoms with van der Waals surface area (Å²) < 4.78 is 0. The second-order valence-corrected chi connectivity index (χ2v) is 4.75. The van der Waals surface area contributed by atoms with Gasteiger partial charge in [0.2, 0.25) is 5.91 Å². The number of amides is 1. The molecule has 0 bridgehead atoms. The van der Waals surface area contributed by atoms with Gasteiger partial charge in [-0.25, -0.2) is 0 Å². The maximum Gasteiger partial charge on any atom is 0.239 e. The quantitative estimate of drug-likeness (QED) is 0.801. The number of rotatable bonds is 6. The Morgan fingerprint density at radius 2 is 2.00 bits per heavy atom. The summed E-state index contributed by atoms with van der Waals surface area (Å²) >= 11 is 0. The van der Waals surface area contributed by atoms with Gasteiger partial charge in [-0.2, -0.15) is 0 Å². The molecule has 0 heterocycles. The van der Waals surface area contributed by atoms with Gasteiger partial charge in [0.15, 0.2) is 0 Å². The van der Waals surface area contributed by atoms with Crippen molar-refractivity contribution in [3.63, 3.8) is 0 Å². The van der Waals surface area contributed by atoms with Crippen LogP contribution in [0.15, 0.2) is 18.2 Å². The third-order valence-electron chi connectivity index (χ3n) is 2.93. The molecule has 100 valence electrons. The number of hydrogen-bond acceptors (Lipinski definition) is 3. The van der Waals surface area contributed by atoms with Gasteiger partial charge in [-0.3, -0.25) is 4.79 Å². The molecule has 4 heteroatoms. The van der Waals surface area contributed by atoms with Gasteiger partial charge in [-0.15, -0.1) is 0 Å². The number of aryl methyl sites for hydroxylation is 1. The molecule has 0 radical (unpaired) electrons. The molecule has 0 fully saturated rings. The van der Waals surface area contributed by atoms with Crippen LogP contribution >= 0.6 is 0 Å². The lowest BCUT2D eigenvalue weighted by molar-refractivity contribution is -0.119. The molecule has 1 aromatic rings. The largest absolute Gasteiger partial charge is 0.376 e. The molecule has 0 aliphatic rings. The van der Waals surface area contributed by atoms with Crippen LogP contribution in [0.1, 0.15) is 11.1 Å². The van der Waals surface area contributed by atoms with E-state index in [0.717, 1.165) is 12.2 Å². The van der Waals surface area contributed by atoms with Crippen molar-refractivity contribution in [3.05, 3.63) is 29.3 Å². The van der Waals surface area contributed by atoms with Gasteiger partial charge in [-0.1, -0.05) is 12.1 Å². The third kappa shape index (κ3) is 4.75. The van der Waals surface area contributed by atoms with Crippen LogP contribution in [0.4, 0.5) is 5.69 Å². The fraction of sp³-hybridized carbons (Fsp3) is 0.500. The molecule has 1 rings (SSSR count). The number of carbonyl (C=O) groups excluding carboxylic acids is 1. The highest BCUT2D eigenvalue weighted by molar-refractivity contribution is 5.81. The van der Waals surface area contributed by atoms with Gasteiger partial charge in [-0.05, 0) is 45.1 Å². The first kappa shape index (κ1) is 14.5. The highest BCUT2D eigenvalue weighted by Crippen LogP contribution is 2.17. The standard InChI is InChI=1S/C14H23N3O/c1-11-6-5-7-13(12(11)2)16-10-14(18)15-8-9-17(3)4/h5-7,16H,8-10H2,1-4H3,(H,15,18). The number of nitrogens with one attached hydrogen (secondary N) is 2.